The summed E-state index contributed by atoms with van der Waals surface area (Å²) in [4.78, 5) is 8.68. The first-order valence-corrected chi connectivity index (χ1v) is 20.6. The number of pyridine rings is 2. The van der Waals surface area contributed by atoms with Gasteiger partial charge in [0.2, 0.25) is 0 Å². The fourth-order valence-electron chi connectivity index (χ4n) is 10.0. The summed E-state index contributed by atoms with van der Waals surface area (Å²) in [6.45, 7) is 0. The third kappa shape index (κ3) is 5.21. The van der Waals surface area contributed by atoms with Gasteiger partial charge in [-0.1, -0.05) is 170 Å². The van der Waals surface area contributed by atoms with E-state index >= 15 is 0 Å². The maximum Gasteiger partial charge on any atom is 0.0273 e. The quantitative estimate of drug-likeness (QED) is 0.163. The maximum atomic E-state index is 4.34. The Morgan fingerprint density at radius 1 is 0.183 bits per heavy atom. The van der Waals surface area contributed by atoms with Gasteiger partial charge < -0.3 is 0 Å². The Morgan fingerprint density at radius 3 is 0.683 bits per heavy atom. The van der Waals surface area contributed by atoms with Crippen molar-refractivity contribution in [2.24, 2.45) is 0 Å². The van der Waals surface area contributed by atoms with E-state index in [4.69, 9.17) is 0 Å². The van der Waals surface area contributed by atoms with Crippen molar-refractivity contribution in [2.45, 2.75) is 0 Å². The predicted molar refractivity (Wildman–Crippen MR) is 254 cm³/mol. The van der Waals surface area contributed by atoms with Crippen LogP contribution in [0.15, 0.2) is 219 Å². The monoisotopic (exact) mass is 760 g/mol. The van der Waals surface area contributed by atoms with Crippen LogP contribution in [0.5, 0.6) is 0 Å². The van der Waals surface area contributed by atoms with Gasteiger partial charge in [-0.2, -0.15) is 0 Å². The molecule has 12 aromatic rings. The van der Waals surface area contributed by atoms with Crippen molar-refractivity contribution in [3.05, 3.63) is 219 Å². The molecule has 0 unspecified atom stereocenters. The molecule has 0 spiro atoms. The van der Waals surface area contributed by atoms with Crippen LogP contribution >= 0.6 is 0 Å². The molecule has 0 aliphatic carbocycles. The van der Waals surface area contributed by atoms with Gasteiger partial charge in [0.25, 0.3) is 0 Å². The first-order valence-electron chi connectivity index (χ1n) is 20.6. The molecular formula is C58H36N2. The molecule has 0 N–H and O–H groups in total. The minimum atomic E-state index is 1.17. The molecule has 0 fully saturated rings. The van der Waals surface area contributed by atoms with Gasteiger partial charge in [-0.15, -0.1) is 0 Å². The molecule has 2 heteroatoms. The lowest BCUT2D eigenvalue weighted by Crippen LogP contribution is -1.94. The molecule has 10 aromatic carbocycles. The Morgan fingerprint density at radius 2 is 0.400 bits per heavy atom. The van der Waals surface area contributed by atoms with E-state index in [0.29, 0.717) is 0 Å². The fraction of sp³-hybridized carbons (Fsp3) is 0. The minimum Gasteiger partial charge on any atom is -0.265 e. The molecule has 0 atom stereocenters. The van der Waals surface area contributed by atoms with Gasteiger partial charge in [-0.25, -0.2) is 0 Å². The number of hydrogen-bond acceptors (Lipinski definition) is 2. The van der Waals surface area contributed by atoms with Crippen molar-refractivity contribution < 1.29 is 0 Å². The van der Waals surface area contributed by atoms with Crippen LogP contribution in [0.2, 0.25) is 0 Å². The van der Waals surface area contributed by atoms with Crippen molar-refractivity contribution in [1.29, 1.82) is 0 Å². The number of benzene rings is 10. The lowest BCUT2D eigenvalue weighted by atomic mass is 9.82. The SMILES string of the molecule is c1ccc2c(-c3c4ccccc4c(-c4ccncc4)c4ccccc34)ccc(-c3ccc(-c4c5ccccc5c(-c5ccncc5)c5ccccc45)c4ccccc34)c2c1. The molecule has 0 radical (unpaired) electrons. The second kappa shape index (κ2) is 13.9. The molecular weight excluding hydrogens is 725 g/mol. The third-order valence-corrected chi connectivity index (χ3v) is 12.5. The average molecular weight is 761 g/mol. The standard InChI is InChI=1S/C58H36N2/c1-3-15-41-39(13-1)43(25-27-53(41)57-49-21-9-5-17-45(49)55(37-29-33-59-34-30-37)46-18-6-10-22-50(46)57)44-26-28-54(42-16-4-2-14-40(42)44)58-51-23-11-7-19-47(51)56(38-31-35-60-36-32-38)48-20-8-12-24-52(48)58/h1-36H. The Kier molecular flexibility index (Phi) is 7.89. The second-order valence-corrected chi connectivity index (χ2v) is 15.6. The van der Waals surface area contributed by atoms with Crippen LogP contribution < -0.4 is 0 Å². The van der Waals surface area contributed by atoms with Crippen LogP contribution in [0.4, 0.5) is 0 Å². The smallest absolute Gasteiger partial charge is 0.0273 e. The van der Waals surface area contributed by atoms with Crippen LogP contribution in [0.25, 0.3) is 120 Å². The molecule has 0 saturated heterocycles. The highest BCUT2D eigenvalue weighted by Crippen LogP contribution is 2.49. The Labute approximate surface area is 347 Å². The summed E-state index contributed by atoms with van der Waals surface area (Å²) in [7, 11) is 0. The summed E-state index contributed by atoms with van der Waals surface area (Å²) in [5.41, 5.74) is 12.3. The Bertz CT molecular complexity index is 3290. The first kappa shape index (κ1) is 34.1. The van der Waals surface area contributed by atoms with Crippen LogP contribution in [0.3, 0.4) is 0 Å². The zero-order valence-electron chi connectivity index (χ0n) is 32.7. The van der Waals surface area contributed by atoms with Crippen LogP contribution in [0, 0.1) is 0 Å². The molecule has 278 valence electrons. The van der Waals surface area contributed by atoms with Gasteiger partial charge in [0.05, 0.1) is 0 Å². The lowest BCUT2D eigenvalue weighted by Gasteiger charge is -2.21. The molecule has 0 saturated carbocycles. The number of fused-ring (bicyclic) bond motifs is 6. The normalized spacial score (nSPS) is 11.7. The van der Waals surface area contributed by atoms with Gasteiger partial charge in [0.15, 0.2) is 0 Å². The van der Waals surface area contributed by atoms with Gasteiger partial charge in [0.1, 0.15) is 0 Å². The van der Waals surface area contributed by atoms with Crippen molar-refractivity contribution in [3.8, 4) is 55.6 Å². The summed E-state index contributed by atoms with van der Waals surface area (Å²) in [5.74, 6) is 0. The minimum absolute atomic E-state index is 1.17. The summed E-state index contributed by atoms with van der Waals surface area (Å²) >= 11 is 0. The molecule has 2 aromatic heterocycles. The first-order chi connectivity index (χ1) is 29.8. The summed E-state index contributed by atoms with van der Waals surface area (Å²) in [6, 6.07) is 71.3. The number of aromatic nitrogens is 2. The average Bonchev–Trinajstić information content (AvgIpc) is 3.32. The molecule has 0 aliphatic rings. The van der Waals surface area contributed by atoms with E-state index in [1.807, 2.05) is 24.8 Å². The summed E-state index contributed by atoms with van der Waals surface area (Å²) < 4.78 is 0. The molecule has 0 bridgehead atoms. The van der Waals surface area contributed by atoms with Crippen molar-refractivity contribution in [2.75, 3.05) is 0 Å². The van der Waals surface area contributed by atoms with Crippen molar-refractivity contribution in [3.63, 3.8) is 0 Å². The van der Waals surface area contributed by atoms with Gasteiger partial charge in [-0.3, -0.25) is 9.97 Å². The highest BCUT2D eigenvalue weighted by atomic mass is 14.6. The van der Waals surface area contributed by atoms with Crippen LogP contribution in [0.1, 0.15) is 0 Å². The molecule has 0 amide bonds. The molecule has 0 aliphatic heterocycles. The van der Waals surface area contributed by atoms with Crippen molar-refractivity contribution in [1.82, 2.24) is 9.97 Å². The van der Waals surface area contributed by atoms with E-state index in [1.54, 1.807) is 0 Å². The zero-order valence-corrected chi connectivity index (χ0v) is 32.7. The molecule has 2 heterocycles. The number of nitrogens with zero attached hydrogens (tertiary/aromatic N) is 2. The maximum absolute atomic E-state index is 4.34. The van der Waals surface area contributed by atoms with E-state index in [9.17, 15) is 0 Å². The molecule has 2 nitrogen and oxygen atoms in total. The number of rotatable bonds is 5. The molecule has 12 rings (SSSR count). The summed E-state index contributed by atoms with van der Waals surface area (Å²) in [5, 5.41) is 14.8. The van der Waals surface area contributed by atoms with E-state index in [1.165, 1.54) is 120 Å². The lowest BCUT2D eigenvalue weighted by molar-refractivity contribution is 1.33. The molecule has 60 heavy (non-hydrogen) atoms. The van der Waals surface area contributed by atoms with E-state index in [2.05, 4.69) is 204 Å². The summed E-state index contributed by atoms with van der Waals surface area (Å²) in [6.07, 6.45) is 7.55. The zero-order chi connectivity index (χ0) is 39.6. The van der Waals surface area contributed by atoms with Gasteiger partial charge in [0, 0.05) is 24.8 Å². The predicted octanol–water partition coefficient (Wildman–Crippen LogP) is 15.7. The largest absolute Gasteiger partial charge is 0.265 e. The van der Waals surface area contributed by atoms with Crippen molar-refractivity contribution >= 4 is 64.6 Å². The third-order valence-electron chi connectivity index (χ3n) is 12.5. The van der Waals surface area contributed by atoms with Crippen LogP contribution in [-0.4, -0.2) is 9.97 Å². The van der Waals surface area contributed by atoms with E-state index < -0.39 is 0 Å². The van der Waals surface area contributed by atoms with E-state index in [-0.39, 0.29) is 0 Å². The highest BCUT2D eigenvalue weighted by molar-refractivity contribution is 6.26. The highest BCUT2D eigenvalue weighted by Gasteiger charge is 2.22. The number of hydrogen-bond donors (Lipinski definition) is 0. The van der Waals surface area contributed by atoms with Gasteiger partial charge >= 0.3 is 0 Å². The Hall–Kier alpha value is -7.94. The van der Waals surface area contributed by atoms with E-state index in [0.717, 1.165) is 0 Å². The second-order valence-electron chi connectivity index (χ2n) is 15.6. The fourth-order valence-corrected chi connectivity index (χ4v) is 10.0. The van der Waals surface area contributed by atoms with Crippen LogP contribution in [-0.2, 0) is 0 Å². The van der Waals surface area contributed by atoms with Gasteiger partial charge in [-0.05, 0) is 145 Å². The Balaban J connectivity index is 1.10. The topological polar surface area (TPSA) is 25.8 Å².